The quantitative estimate of drug-likeness (QED) is 0.659. The predicted molar refractivity (Wildman–Crippen MR) is 125 cm³/mol. The number of hydrogen-bond acceptors (Lipinski definition) is 5. The van der Waals surface area contributed by atoms with Crippen LogP contribution < -0.4 is 5.32 Å². The van der Waals surface area contributed by atoms with E-state index in [1.165, 1.54) is 11.8 Å². The smallest absolute Gasteiger partial charge is 0.242 e. The molecule has 0 aliphatic carbocycles. The number of amides is 2. The molecule has 0 spiro atoms. The van der Waals surface area contributed by atoms with E-state index in [0.29, 0.717) is 24.4 Å². The molecule has 2 saturated heterocycles. The van der Waals surface area contributed by atoms with Crippen LogP contribution in [0, 0.1) is 25.5 Å². The van der Waals surface area contributed by atoms with Crippen LogP contribution in [0.5, 0.6) is 0 Å². The maximum Gasteiger partial charge on any atom is 0.242 e. The third kappa shape index (κ3) is 5.78. The summed E-state index contributed by atoms with van der Waals surface area (Å²) >= 11 is 1.22. The van der Waals surface area contributed by atoms with Gasteiger partial charge in [-0.05, 0) is 62.1 Å². The summed E-state index contributed by atoms with van der Waals surface area (Å²) in [5, 5.41) is 2.25. The number of anilines is 1. The van der Waals surface area contributed by atoms with Crippen LogP contribution in [-0.2, 0) is 14.3 Å². The molecule has 174 valence electrons. The van der Waals surface area contributed by atoms with Gasteiger partial charge in [0.15, 0.2) is 5.17 Å². The fourth-order valence-corrected chi connectivity index (χ4v) is 5.14. The molecule has 2 aromatic rings. The minimum Gasteiger partial charge on any atom is -0.376 e. The molecule has 0 aromatic heterocycles. The second-order valence-electron chi connectivity index (χ2n) is 8.31. The second kappa shape index (κ2) is 10.0. The molecule has 0 unspecified atom stereocenters. The second-order valence-corrected chi connectivity index (χ2v) is 9.48. The highest BCUT2D eigenvalue weighted by molar-refractivity contribution is 8.15. The van der Waals surface area contributed by atoms with E-state index in [1.54, 1.807) is 4.90 Å². The maximum atomic E-state index is 13.9. The third-order valence-electron chi connectivity index (χ3n) is 5.44. The molecule has 4 rings (SSSR count). The van der Waals surface area contributed by atoms with Gasteiger partial charge in [0.05, 0.1) is 24.0 Å². The summed E-state index contributed by atoms with van der Waals surface area (Å²) in [6, 6.07) is 8.83. The van der Waals surface area contributed by atoms with Crippen molar-refractivity contribution in [2.24, 2.45) is 4.99 Å². The highest BCUT2D eigenvalue weighted by atomic mass is 32.2. The van der Waals surface area contributed by atoms with Crippen LogP contribution in [0.15, 0.2) is 41.4 Å². The van der Waals surface area contributed by atoms with E-state index in [9.17, 15) is 18.4 Å². The number of carbonyl (C=O) groups is 2. The van der Waals surface area contributed by atoms with Crippen LogP contribution in [0.3, 0.4) is 0 Å². The summed E-state index contributed by atoms with van der Waals surface area (Å²) in [5.74, 6) is -2.36. The van der Waals surface area contributed by atoms with Crippen LogP contribution in [0.4, 0.5) is 20.2 Å². The molecule has 1 N–H and O–H groups in total. The van der Waals surface area contributed by atoms with Crippen LogP contribution in [0.25, 0.3) is 0 Å². The number of nitrogens with one attached hydrogen (secondary N) is 1. The fraction of sp³-hybridized carbons (Fsp3) is 0.375. The Morgan fingerprint density at radius 3 is 2.64 bits per heavy atom. The van der Waals surface area contributed by atoms with Crippen LogP contribution >= 0.6 is 11.8 Å². The Kier molecular flexibility index (Phi) is 7.09. The Hall–Kier alpha value is -2.78. The van der Waals surface area contributed by atoms with Crippen molar-refractivity contribution in [3.05, 3.63) is 59.2 Å². The number of nitrogens with zero attached hydrogens (tertiary/aromatic N) is 2. The zero-order valence-corrected chi connectivity index (χ0v) is 19.3. The van der Waals surface area contributed by atoms with Gasteiger partial charge in [-0.15, -0.1) is 0 Å². The first-order valence-electron chi connectivity index (χ1n) is 10.8. The van der Waals surface area contributed by atoms with Crippen LogP contribution in [0.2, 0.25) is 0 Å². The molecule has 0 bridgehead atoms. The number of ether oxygens (including phenoxy) is 1. The van der Waals surface area contributed by atoms with Gasteiger partial charge in [-0.25, -0.2) is 13.8 Å². The number of amidine groups is 1. The Morgan fingerprint density at radius 1 is 1.21 bits per heavy atom. The summed E-state index contributed by atoms with van der Waals surface area (Å²) < 4.78 is 32.7. The van der Waals surface area contributed by atoms with E-state index < -0.39 is 22.8 Å². The average Bonchev–Trinajstić information content (AvgIpc) is 3.34. The first kappa shape index (κ1) is 23.4. The molecule has 33 heavy (non-hydrogen) atoms. The molecule has 2 fully saturated rings. The molecule has 0 radical (unpaired) electrons. The lowest BCUT2D eigenvalue weighted by molar-refractivity contribution is -0.129. The van der Waals surface area contributed by atoms with Crippen molar-refractivity contribution in [3.8, 4) is 0 Å². The van der Waals surface area contributed by atoms with E-state index in [0.717, 1.165) is 41.8 Å². The van der Waals surface area contributed by atoms with Gasteiger partial charge < -0.3 is 10.1 Å². The number of aliphatic imine (C=N–C) groups is 1. The first-order chi connectivity index (χ1) is 15.8. The lowest BCUT2D eigenvalue weighted by atomic mass is 10.1. The number of benzene rings is 2. The molecular weight excluding hydrogens is 448 g/mol. The van der Waals surface area contributed by atoms with E-state index >= 15 is 0 Å². The molecule has 2 atom stereocenters. The van der Waals surface area contributed by atoms with Gasteiger partial charge in [0.1, 0.15) is 16.9 Å². The van der Waals surface area contributed by atoms with Gasteiger partial charge >= 0.3 is 0 Å². The van der Waals surface area contributed by atoms with Gasteiger partial charge in [0.25, 0.3) is 0 Å². The largest absolute Gasteiger partial charge is 0.376 e. The first-order valence-corrected chi connectivity index (χ1v) is 11.7. The lowest BCUT2D eigenvalue weighted by Gasteiger charge is -2.20. The minimum absolute atomic E-state index is 0.0696. The van der Waals surface area contributed by atoms with Crippen molar-refractivity contribution >= 4 is 40.1 Å². The normalized spacial score (nSPS) is 21.8. The highest BCUT2D eigenvalue weighted by Crippen LogP contribution is 2.33. The summed E-state index contributed by atoms with van der Waals surface area (Å²) in [4.78, 5) is 32.0. The molecule has 2 heterocycles. The van der Waals surface area contributed by atoms with E-state index in [4.69, 9.17) is 9.73 Å². The number of rotatable bonds is 6. The summed E-state index contributed by atoms with van der Waals surface area (Å²) in [6.07, 6.45) is 1.58. The molecule has 2 aliphatic heterocycles. The number of carbonyl (C=O) groups excluding carboxylic acids is 2. The third-order valence-corrected chi connectivity index (χ3v) is 6.61. The fourth-order valence-electron chi connectivity index (χ4n) is 3.97. The predicted octanol–water partition coefficient (Wildman–Crippen LogP) is 4.72. The van der Waals surface area contributed by atoms with Crippen molar-refractivity contribution in [1.29, 1.82) is 0 Å². The number of hydrogen-bond donors (Lipinski definition) is 1. The van der Waals surface area contributed by atoms with Crippen molar-refractivity contribution in [1.82, 2.24) is 4.90 Å². The highest BCUT2D eigenvalue weighted by Gasteiger charge is 2.40. The summed E-state index contributed by atoms with van der Waals surface area (Å²) in [5.41, 5.74) is 2.73. The van der Waals surface area contributed by atoms with Crippen molar-refractivity contribution in [3.63, 3.8) is 0 Å². The SMILES string of the molecule is Cc1cc(C)cc(N=C2S[C@@H](CC(=O)Nc3ccc(F)cc3F)C(=O)N2C[C@H]2CCCO2)c1. The van der Waals surface area contributed by atoms with Gasteiger partial charge in [0.2, 0.25) is 11.8 Å². The van der Waals surface area contributed by atoms with Crippen molar-refractivity contribution in [2.75, 3.05) is 18.5 Å². The van der Waals surface area contributed by atoms with Gasteiger partial charge in [-0.1, -0.05) is 17.8 Å². The Bertz CT molecular complexity index is 1080. The molecule has 2 aromatic carbocycles. The number of aryl methyl sites for hydroxylation is 2. The number of thioether (sulfide) groups is 1. The molecule has 2 amide bonds. The summed E-state index contributed by atoms with van der Waals surface area (Å²) in [7, 11) is 0. The van der Waals surface area contributed by atoms with Crippen molar-refractivity contribution in [2.45, 2.75) is 44.5 Å². The summed E-state index contributed by atoms with van der Waals surface area (Å²) in [6.45, 7) is 5.00. The van der Waals surface area contributed by atoms with Crippen LogP contribution in [0.1, 0.15) is 30.4 Å². The maximum absolute atomic E-state index is 13.9. The molecule has 0 saturated carbocycles. The van der Waals surface area contributed by atoms with E-state index in [2.05, 4.69) is 5.32 Å². The topological polar surface area (TPSA) is 71.0 Å². The standard InChI is InChI=1S/C24H25F2N3O3S/c1-14-8-15(2)10-17(9-14)27-24-29(13-18-4-3-7-32-18)23(31)21(33-24)12-22(30)28-20-6-5-16(25)11-19(20)26/h5-6,8-11,18,21H,3-4,7,12-13H2,1-2H3,(H,28,30)/t18-,21+/m1/s1. The average molecular weight is 474 g/mol. The Morgan fingerprint density at radius 2 is 1.97 bits per heavy atom. The van der Waals surface area contributed by atoms with Gasteiger partial charge in [0, 0.05) is 19.1 Å². The Labute approximate surface area is 195 Å². The van der Waals surface area contributed by atoms with Gasteiger partial charge in [-0.2, -0.15) is 0 Å². The van der Waals surface area contributed by atoms with Crippen LogP contribution in [-0.4, -0.2) is 46.4 Å². The van der Waals surface area contributed by atoms with E-state index in [-0.39, 0.29) is 24.1 Å². The zero-order valence-electron chi connectivity index (χ0n) is 18.4. The van der Waals surface area contributed by atoms with Crippen molar-refractivity contribution < 1.29 is 23.1 Å². The molecular formula is C24H25F2N3O3S. The zero-order chi connectivity index (χ0) is 23.5. The lowest BCUT2D eigenvalue weighted by Crippen LogP contribution is -2.38. The Balaban J connectivity index is 1.52. The monoisotopic (exact) mass is 473 g/mol. The molecule has 2 aliphatic rings. The van der Waals surface area contributed by atoms with E-state index in [1.807, 2.05) is 32.0 Å². The number of halogens is 2. The molecule has 9 heteroatoms. The van der Waals surface area contributed by atoms with Gasteiger partial charge in [-0.3, -0.25) is 14.5 Å². The molecule has 6 nitrogen and oxygen atoms in total. The minimum atomic E-state index is -0.870.